The molecule has 2 fully saturated rings. The molecule has 0 bridgehead atoms. The van der Waals surface area contributed by atoms with Crippen LogP contribution in [0.5, 0.6) is 0 Å². The maximum Gasteiger partial charge on any atom is 0.0415 e. The van der Waals surface area contributed by atoms with Crippen LogP contribution in [0.15, 0.2) is 11.4 Å². The second-order valence-corrected chi connectivity index (χ2v) is 7.17. The largest absolute Gasteiger partial charge is 0.314 e. The summed E-state index contributed by atoms with van der Waals surface area (Å²) < 4.78 is 0. The molecule has 1 aromatic rings. The molecule has 0 aromatic carbocycles. The van der Waals surface area contributed by atoms with Gasteiger partial charge in [-0.25, -0.2) is 0 Å². The van der Waals surface area contributed by atoms with E-state index < -0.39 is 0 Å². The van der Waals surface area contributed by atoms with Gasteiger partial charge in [-0.15, -0.1) is 11.3 Å². The number of hydrogen-bond acceptors (Lipinski definition) is 3. The van der Waals surface area contributed by atoms with Crippen molar-refractivity contribution in [2.75, 3.05) is 19.6 Å². The van der Waals surface area contributed by atoms with E-state index in [0.717, 1.165) is 12.0 Å². The predicted octanol–water partition coefficient (Wildman–Crippen LogP) is 3.58. The molecule has 2 unspecified atom stereocenters. The van der Waals surface area contributed by atoms with Gasteiger partial charge in [-0.3, -0.25) is 4.90 Å². The number of rotatable bonds is 3. The zero-order valence-electron chi connectivity index (χ0n) is 12.2. The minimum atomic E-state index is 0.609. The fourth-order valence-corrected chi connectivity index (χ4v) is 4.82. The molecule has 3 heterocycles. The summed E-state index contributed by atoms with van der Waals surface area (Å²) >= 11 is 1.92. The fraction of sp³-hybridized carbons (Fsp3) is 0.750. The molecule has 2 saturated heterocycles. The Morgan fingerprint density at radius 3 is 2.68 bits per heavy atom. The Labute approximate surface area is 121 Å². The summed E-state index contributed by atoms with van der Waals surface area (Å²) in [4.78, 5) is 4.25. The molecule has 106 valence electrons. The molecule has 3 rings (SSSR count). The van der Waals surface area contributed by atoms with E-state index in [0.29, 0.717) is 6.04 Å². The average Bonchev–Trinajstić information content (AvgIpc) is 3.09. The molecular weight excluding hydrogens is 252 g/mol. The summed E-state index contributed by atoms with van der Waals surface area (Å²) in [6, 6.07) is 3.68. The van der Waals surface area contributed by atoms with Gasteiger partial charge in [-0.05, 0) is 82.1 Å². The van der Waals surface area contributed by atoms with Gasteiger partial charge in [-0.2, -0.15) is 0 Å². The summed E-state index contributed by atoms with van der Waals surface area (Å²) in [7, 11) is 0. The molecular formula is C16H26N2S. The molecule has 0 aliphatic carbocycles. The molecule has 2 atom stereocenters. The van der Waals surface area contributed by atoms with Gasteiger partial charge in [-0.1, -0.05) is 0 Å². The van der Waals surface area contributed by atoms with Crippen molar-refractivity contribution >= 4 is 11.3 Å². The van der Waals surface area contributed by atoms with Crippen LogP contribution in [0.2, 0.25) is 0 Å². The van der Waals surface area contributed by atoms with Crippen LogP contribution in [0.4, 0.5) is 0 Å². The van der Waals surface area contributed by atoms with Gasteiger partial charge >= 0.3 is 0 Å². The molecule has 0 amide bonds. The van der Waals surface area contributed by atoms with Gasteiger partial charge in [0.2, 0.25) is 0 Å². The summed E-state index contributed by atoms with van der Waals surface area (Å²) in [5.74, 6) is 0.926. The van der Waals surface area contributed by atoms with Crippen molar-refractivity contribution in [3.05, 3.63) is 21.9 Å². The van der Waals surface area contributed by atoms with E-state index in [-0.39, 0.29) is 0 Å². The number of hydrogen-bond donors (Lipinski definition) is 1. The lowest BCUT2D eigenvalue weighted by atomic mass is 9.88. The molecule has 2 aliphatic rings. The third-order valence-electron chi connectivity index (χ3n) is 5.07. The normalized spacial score (nSPS) is 27.8. The first kappa shape index (κ1) is 13.6. The molecule has 1 aromatic heterocycles. The van der Waals surface area contributed by atoms with Gasteiger partial charge in [0, 0.05) is 17.0 Å². The van der Waals surface area contributed by atoms with Gasteiger partial charge in [0.25, 0.3) is 0 Å². The lowest BCUT2D eigenvalue weighted by Gasteiger charge is -2.38. The van der Waals surface area contributed by atoms with E-state index in [4.69, 9.17) is 0 Å². The van der Waals surface area contributed by atoms with Crippen LogP contribution < -0.4 is 5.32 Å². The summed E-state index contributed by atoms with van der Waals surface area (Å²) in [5, 5.41) is 5.92. The van der Waals surface area contributed by atoms with Crippen molar-refractivity contribution in [2.45, 2.75) is 51.6 Å². The van der Waals surface area contributed by atoms with Crippen LogP contribution in [0.3, 0.4) is 0 Å². The quantitative estimate of drug-likeness (QED) is 0.909. The molecule has 3 heteroatoms. The Hall–Kier alpha value is -0.380. The van der Waals surface area contributed by atoms with Crippen LogP contribution in [0.1, 0.15) is 49.1 Å². The topological polar surface area (TPSA) is 15.3 Å². The summed E-state index contributed by atoms with van der Waals surface area (Å²) in [6.07, 6.45) is 5.55. The van der Waals surface area contributed by atoms with E-state index in [1.807, 2.05) is 11.3 Å². The highest BCUT2D eigenvalue weighted by molar-refractivity contribution is 7.10. The van der Waals surface area contributed by atoms with Crippen LogP contribution in [-0.2, 0) is 0 Å². The number of piperidine rings is 1. The third kappa shape index (κ3) is 2.88. The Kier molecular flexibility index (Phi) is 4.25. The summed E-state index contributed by atoms with van der Waals surface area (Å²) in [6.45, 7) is 8.43. The Balaban J connectivity index is 1.56. The Morgan fingerprint density at radius 1 is 1.32 bits per heavy atom. The molecule has 0 saturated carbocycles. The van der Waals surface area contributed by atoms with E-state index in [9.17, 15) is 0 Å². The Morgan fingerprint density at radius 2 is 2.11 bits per heavy atom. The van der Waals surface area contributed by atoms with E-state index in [1.54, 1.807) is 4.88 Å². The van der Waals surface area contributed by atoms with E-state index in [1.165, 1.54) is 50.9 Å². The van der Waals surface area contributed by atoms with Gasteiger partial charge < -0.3 is 5.32 Å². The maximum atomic E-state index is 3.69. The van der Waals surface area contributed by atoms with Gasteiger partial charge in [0.1, 0.15) is 0 Å². The third-order valence-corrected chi connectivity index (χ3v) is 6.26. The monoisotopic (exact) mass is 278 g/mol. The van der Waals surface area contributed by atoms with E-state index in [2.05, 4.69) is 35.5 Å². The fourth-order valence-electron chi connectivity index (χ4n) is 3.80. The molecule has 1 N–H and O–H groups in total. The highest BCUT2D eigenvalue weighted by Crippen LogP contribution is 2.33. The van der Waals surface area contributed by atoms with Crippen LogP contribution in [0.25, 0.3) is 0 Å². The number of nitrogens with zero attached hydrogens (tertiary/aromatic N) is 1. The highest BCUT2D eigenvalue weighted by Gasteiger charge is 2.30. The van der Waals surface area contributed by atoms with Crippen LogP contribution in [-0.4, -0.2) is 30.6 Å². The number of likely N-dealkylation sites (tertiary alicyclic amines) is 1. The second kappa shape index (κ2) is 5.94. The van der Waals surface area contributed by atoms with Gasteiger partial charge in [0.15, 0.2) is 0 Å². The zero-order chi connectivity index (χ0) is 13.2. The number of aryl methyl sites for hydroxylation is 1. The van der Waals surface area contributed by atoms with Crippen molar-refractivity contribution < 1.29 is 0 Å². The SMILES string of the molecule is Cc1ccsc1C(C)N1CCC(C2CCCN2)CC1. The van der Waals surface area contributed by atoms with Crippen molar-refractivity contribution in [1.29, 1.82) is 0 Å². The first-order valence-electron chi connectivity index (χ1n) is 7.77. The average molecular weight is 278 g/mol. The number of nitrogens with one attached hydrogen (secondary N) is 1. The molecule has 19 heavy (non-hydrogen) atoms. The van der Waals surface area contributed by atoms with Crippen LogP contribution in [0, 0.1) is 12.8 Å². The second-order valence-electron chi connectivity index (χ2n) is 6.22. The minimum Gasteiger partial charge on any atom is -0.314 e. The number of thiophene rings is 1. The lowest BCUT2D eigenvalue weighted by molar-refractivity contribution is 0.128. The van der Waals surface area contributed by atoms with Crippen LogP contribution >= 0.6 is 11.3 Å². The van der Waals surface area contributed by atoms with Crippen molar-refractivity contribution in [3.63, 3.8) is 0 Å². The minimum absolute atomic E-state index is 0.609. The summed E-state index contributed by atoms with van der Waals surface area (Å²) in [5.41, 5.74) is 1.47. The lowest BCUT2D eigenvalue weighted by Crippen LogP contribution is -2.41. The first-order valence-corrected chi connectivity index (χ1v) is 8.65. The van der Waals surface area contributed by atoms with E-state index >= 15 is 0 Å². The predicted molar refractivity (Wildman–Crippen MR) is 82.8 cm³/mol. The molecule has 0 radical (unpaired) electrons. The zero-order valence-corrected chi connectivity index (χ0v) is 13.0. The van der Waals surface area contributed by atoms with Crippen molar-refractivity contribution in [1.82, 2.24) is 10.2 Å². The Bertz CT molecular complexity index is 401. The van der Waals surface area contributed by atoms with Crippen molar-refractivity contribution in [2.24, 2.45) is 5.92 Å². The molecule has 0 spiro atoms. The highest BCUT2D eigenvalue weighted by atomic mass is 32.1. The molecule has 2 nitrogen and oxygen atoms in total. The maximum absolute atomic E-state index is 3.69. The first-order chi connectivity index (χ1) is 9.25. The van der Waals surface area contributed by atoms with Gasteiger partial charge in [0.05, 0.1) is 0 Å². The standard InChI is InChI=1S/C16H26N2S/c1-12-7-11-19-16(12)13(2)18-9-5-14(6-10-18)15-4-3-8-17-15/h7,11,13-15,17H,3-6,8-10H2,1-2H3. The molecule has 2 aliphatic heterocycles. The smallest absolute Gasteiger partial charge is 0.0415 e. The van der Waals surface area contributed by atoms with Crippen molar-refractivity contribution in [3.8, 4) is 0 Å².